The van der Waals surface area contributed by atoms with E-state index in [0.717, 1.165) is 35.5 Å². The van der Waals surface area contributed by atoms with E-state index in [1.807, 2.05) is 39.2 Å². The highest BCUT2D eigenvalue weighted by molar-refractivity contribution is 7.09. The van der Waals surface area contributed by atoms with Crippen LogP contribution >= 0.6 is 11.3 Å². The molecule has 1 aromatic rings. The van der Waals surface area contributed by atoms with E-state index < -0.39 is 47.3 Å². The van der Waals surface area contributed by atoms with Crippen LogP contribution in [0.2, 0.25) is 0 Å². The van der Waals surface area contributed by atoms with Crippen LogP contribution < -0.4 is 0 Å². The number of nitrogens with zero attached hydrogens (tertiary/aromatic N) is 1. The Balaban J connectivity index is 1.95. The van der Waals surface area contributed by atoms with E-state index in [-0.39, 0.29) is 24.2 Å². The molecule has 9 heteroatoms. The molecule has 2 N–H and O–H groups in total. The van der Waals surface area contributed by atoms with Crippen molar-refractivity contribution in [2.45, 2.75) is 110 Å². The molecule has 3 rings (SSSR count). The van der Waals surface area contributed by atoms with Gasteiger partial charge in [-0.2, -0.15) is 0 Å². The third-order valence-electron chi connectivity index (χ3n) is 8.20. The number of hydrogen-bond acceptors (Lipinski definition) is 9. The lowest BCUT2D eigenvalue weighted by molar-refractivity contribution is -0.159. The number of hydrogen-bond donors (Lipinski definition) is 2. The Morgan fingerprint density at radius 3 is 2.51 bits per heavy atom. The second-order valence-corrected chi connectivity index (χ2v) is 12.7. The number of cyclic esters (lactones) is 1. The van der Waals surface area contributed by atoms with Crippen LogP contribution in [0.15, 0.2) is 11.0 Å². The van der Waals surface area contributed by atoms with Crippen LogP contribution in [0.1, 0.15) is 77.9 Å². The molecule has 2 saturated heterocycles. The second kappa shape index (κ2) is 11.6. The van der Waals surface area contributed by atoms with Gasteiger partial charge in [-0.1, -0.05) is 34.1 Å². The van der Waals surface area contributed by atoms with Gasteiger partial charge < -0.3 is 24.4 Å². The predicted octanol–water partition coefficient (Wildman–Crippen LogP) is 4.10. The molecule has 2 fully saturated rings. The van der Waals surface area contributed by atoms with Gasteiger partial charge in [-0.15, -0.1) is 11.3 Å². The quantitative estimate of drug-likeness (QED) is 0.437. The van der Waals surface area contributed by atoms with Gasteiger partial charge in [0.25, 0.3) is 0 Å². The Morgan fingerprint density at radius 2 is 1.92 bits per heavy atom. The number of esters is 1. The first-order chi connectivity index (χ1) is 17.2. The Kier molecular flexibility index (Phi) is 9.39. The molecule has 3 heterocycles. The summed E-state index contributed by atoms with van der Waals surface area (Å²) in [5, 5.41) is 24.7. The second-order valence-electron chi connectivity index (χ2n) is 11.6. The summed E-state index contributed by atoms with van der Waals surface area (Å²) in [6, 6.07) is 0. The fourth-order valence-electron chi connectivity index (χ4n) is 5.41. The summed E-state index contributed by atoms with van der Waals surface area (Å²) in [7, 11) is 1.57. The first-order valence-corrected chi connectivity index (χ1v) is 14.0. The third kappa shape index (κ3) is 6.68. The lowest BCUT2D eigenvalue weighted by Gasteiger charge is -2.35. The maximum Gasteiger partial charge on any atom is 0.309 e. The summed E-state index contributed by atoms with van der Waals surface area (Å²) in [6.07, 6.45) is 0.0489. The summed E-state index contributed by atoms with van der Waals surface area (Å²) in [4.78, 5) is 30.9. The maximum atomic E-state index is 13.3. The van der Waals surface area contributed by atoms with Crippen LogP contribution in [0, 0.1) is 24.2 Å². The molecule has 0 aromatic carbocycles. The number of carbonyl (C=O) groups is 2. The summed E-state index contributed by atoms with van der Waals surface area (Å²) in [6.45, 7) is 12.7. The normalized spacial score (nSPS) is 38.1. The molecule has 0 amide bonds. The van der Waals surface area contributed by atoms with Gasteiger partial charge in [0.1, 0.15) is 18.0 Å². The molecule has 37 heavy (non-hydrogen) atoms. The van der Waals surface area contributed by atoms with Crippen LogP contribution in [0.3, 0.4) is 0 Å². The minimum Gasteiger partial charge on any atom is -0.455 e. The van der Waals surface area contributed by atoms with Gasteiger partial charge in [0.2, 0.25) is 0 Å². The van der Waals surface area contributed by atoms with Crippen LogP contribution in [0.4, 0.5) is 0 Å². The number of carbonyl (C=O) groups excluding carboxylic acids is 2. The smallest absolute Gasteiger partial charge is 0.309 e. The summed E-state index contributed by atoms with van der Waals surface area (Å²) in [5.41, 5.74) is -0.174. The number of ketones is 1. The van der Waals surface area contributed by atoms with Crippen molar-refractivity contribution in [1.29, 1.82) is 0 Å². The molecule has 1 unspecified atom stereocenters. The Bertz CT molecular complexity index is 1000. The summed E-state index contributed by atoms with van der Waals surface area (Å²) >= 11 is 1.53. The topological polar surface area (TPSA) is 118 Å². The van der Waals surface area contributed by atoms with Crippen LogP contribution in [-0.2, 0) is 23.8 Å². The third-order valence-corrected chi connectivity index (χ3v) is 8.99. The van der Waals surface area contributed by atoms with Crippen LogP contribution in [0.25, 0.3) is 6.08 Å². The molecule has 0 bridgehead atoms. The average molecular weight is 538 g/mol. The number of thiazole rings is 1. The standard InChI is InChI=1S/C28H43NO7S/c1-15-10-9-11-28(7)26(36-28)24(34-8)23(16(2)12-19-14-37-18(4)29-19)35-21(31)13-20(30)27(5,6)25(33)17(3)22(15)32/h12,14-15,17,20,22-24,26,30,32H,9-11,13H2,1-8H3/b16-12+/t15-,17+,20-,22-,23+,24?,26-,28+/m0/s1. The fourth-order valence-corrected chi connectivity index (χ4v) is 5.98. The molecular weight excluding hydrogens is 494 g/mol. The Morgan fingerprint density at radius 1 is 1.24 bits per heavy atom. The van der Waals surface area contributed by atoms with Crippen LogP contribution in [-0.4, -0.2) is 70.2 Å². The number of aryl methyl sites for hydroxylation is 1. The van der Waals surface area contributed by atoms with Gasteiger partial charge in [-0.05, 0) is 51.2 Å². The zero-order valence-corrected chi connectivity index (χ0v) is 24.1. The van der Waals surface area contributed by atoms with Crippen molar-refractivity contribution in [3.05, 3.63) is 21.7 Å². The molecule has 8 atom stereocenters. The fraction of sp³-hybridized carbons (Fsp3) is 0.750. The van der Waals surface area contributed by atoms with E-state index in [4.69, 9.17) is 14.2 Å². The molecule has 0 aliphatic carbocycles. The van der Waals surface area contributed by atoms with Crippen molar-refractivity contribution in [2.24, 2.45) is 17.3 Å². The van der Waals surface area contributed by atoms with E-state index in [2.05, 4.69) is 4.98 Å². The van der Waals surface area contributed by atoms with Crippen molar-refractivity contribution in [3.8, 4) is 0 Å². The van der Waals surface area contributed by atoms with E-state index in [1.54, 1.807) is 27.9 Å². The molecule has 1 aromatic heterocycles. The SMILES string of the molecule is COC1[C@@H](/C(C)=C/c2csc(C)n2)OC(=O)C[C@H](O)C(C)(C)C(=O)[C@H](C)[C@@H](O)[C@@H](C)CCC[C@@]2(C)O[C@@H]12. The minimum absolute atomic E-state index is 0.108. The van der Waals surface area contributed by atoms with Crippen molar-refractivity contribution < 1.29 is 34.0 Å². The molecule has 2 aliphatic heterocycles. The Hall–Kier alpha value is -1.65. The summed E-state index contributed by atoms with van der Waals surface area (Å²) < 4.78 is 17.9. The van der Waals surface area contributed by atoms with Crippen molar-refractivity contribution in [2.75, 3.05) is 7.11 Å². The van der Waals surface area contributed by atoms with Gasteiger partial charge in [0, 0.05) is 18.4 Å². The van der Waals surface area contributed by atoms with E-state index in [9.17, 15) is 19.8 Å². The van der Waals surface area contributed by atoms with E-state index >= 15 is 0 Å². The number of rotatable bonds is 3. The largest absolute Gasteiger partial charge is 0.455 e. The molecule has 2 aliphatic rings. The monoisotopic (exact) mass is 537 g/mol. The highest BCUT2D eigenvalue weighted by Crippen LogP contribution is 2.46. The van der Waals surface area contributed by atoms with Gasteiger partial charge in [0.15, 0.2) is 6.10 Å². The molecule has 0 spiro atoms. The zero-order chi connectivity index (χ0) is 27.7. The van der Waals surface area contributed by atoms with Gasteiger partial charge in [-0.3, -0.25) is 9.59 Å². The lowest BCUT2D eigenvalue weighted by atomic mass is 9.73. The maximum absolute atomic E-state index is 13.3. The molecule has 208 valence electrons. The number of aliphatic hydroxyl groups is 2. The molecular formula is C28H43NO7S. The van der Waals surface area contributed by atoms with E-state index in [1.165, 1.54) is 11.3 Å². The van der Waals surface area contributed by atoms with Gasteiger partial charge in [-0.25, -0.2) is 4.98 Å². The zero-order valence-electron chi connectivity index (χ0n) is 23.3. The molecule has 0 radical (unpaired) electrons. The lowest BCUT2D eigenvalue weighted by Crippen LogP contribution is -2.46. The number of methoxy groups -OCH3 is 1. The molecule has 0 saturated carbocycles. The van der Waals surface area contributed by atoms with E-state index in [0.29, 0.717) is 0 Å². The van der Waals surface area contributed by atoms with Crippen molar-refractivity contribution in [3.63, 3.8) is 0 Å². The summed E-state index contributed by atoms with van der Waals surface area (Å²) in [5.74, 6) is -1.71. The molecule has 8 nitrogen and oxygen atoms in total. The number of Topliss-reactive ketones (excluding diaryl/α,β-unsaturated/α-hetero) is 1. The van der Waals surface area contributed by atoms with Gasteiger partial charge in [0.05, 0.1) is 40.3 Å². The number of aromatic nitrogens is 1. The first kappa shape index (κ1) is 29.9. The Labute approximate surface area is 224 Å². The average Bonchev–Trinajstić information content (AvgIpc) is 3.31. The number of aliphatic hydroxyl groups excluding tert-OH is 2. The van der Waals surface area contributed by atoms with Crippen molar-refractivity contribution in [1.82, 2.24) is 4.98 Å². The first-order valence-electron chi connectivity index (χ1n) is 13.1. The highest BCUT2D eigenvalue weighted by atomic mass is 32.1. The van der Waals surface area contributed by atoms with Crippen LogP contribution in [0.5, 0.6) is 0 Å². The minimum atomic E-state index is -1.28. The predicted molar refractivity (Wildman–Crippen MR) is 142 cm³/mol. The number of fused-ring (bicyclic) bond motifs is 1. The number of epoxide rings is 1. The number of ether oxygens (including phenoxy) is 3. The van der Waals surface area contributed by atoms with Gasteiger partial charge >= 0.3 is 5.97 Å². The highest BCUT2D eigenvalue weighted by Gasteiger charge is 2.59. The van der Waals surface area contributed by atoms with Crippen molar-refractivity contribution >= 4 is 29.2 Å².